The molecule has 0 aliphatic rings. The zero-order valence-corrected chi connectivity index (χ0v) is 16.6. The molecule has 0 aliphatic carbocycles. The van der Waals surface area contributed by atoms with Gasteiger partial charge in [0, 0.05) is 13.1 Å². The molecule has 0 aliphatic heterocycles. The number of carbonyl (C=O) groups excluding carboxylic acids is 1. The van der Waals surface area contributed by atoms with E-state index >= 15 is 0 Å². The lowest BCUT2D eigenvalue weighted by atomic mass is 10.2. The van der Waals surface area contributed by atoms with Crippen molar-refractivity contribution in [3.8, 4) is 5.75 Å². The number of ether oxygens (including phenoxy) is 1. The normalized spacial score (nSPS) is 11.4. The standard InChI is InChI=1S/C19H23F3N4O4/c1-3-5-10-26-16(23)15(17(28)24-18(26)29)25(4-2)14(27)11-30-13-8-6-12(7-9-13)19(20,21)22/h6-9H,3-5,10-11,23H2,1-2H3,(H,24,28,29). The van der Waals surface area contributed by atoms with E-state index in [1.54, 1.807) is 6.92 Å². The van der Waals surface area contributed by atoms with E-state index in [2.05, 4.69) is 4.98 Å². The smallest absolute Gasteiger partial charge is 0.416 e. The van der Waals surface area contributed by atoms with E-state index in [9.17, 15) is 27.6 Å². The minimum Gasteiger partial charge on any atom is -0.484 e. The summed E-state index contributed by atoms with van der Waals surface area (Å²) in [6.45, 7) is 3.34. The Morgan fingerprint density at radius 2 is 1.83 bits per heavy atom. The number of nitrogens with zero attached hydrogens (tertiary/aromatic N) is 2. The zero-order valence-electron chi connectivity index (χ0n) is 16.6. The number of halogens is 3. The van der Waals surface area contributed by atoms with Gasteiger partial charge in [0.25, 0.3) is 11.5 Å². The number of benzene rings is 1. The highest BCUT2D eigenvalue weighted by molar-refractivity contribution is 5.96. The molecule has 0 bridgehead atoms. The molecule has 11 heteroatoms. The summed E-state index contributed by atoms with van der Waals surface area (Å²) in [5, 5.41) is 0. The van der Waals surface area contributed by atoms with Gasteiger partial charge in [-0.1, -0.05) is 13.3 Å². The molecule has 30 heavy (non-hydrogen) atoms. The quantitative estimate of drug-likeness (QED) is 0.671. The van der Waals surface area contributed by atoms with Gasteiger partial charge in [-0.05, 0) is 37.6 Å². The number of hydrogen-bond donors (Lipinski definition) is 2. The second-order valence-corrected chi connectivity index (χ2v) is 6.45. The highest BCUT2D eigenvalue weighted by atomic mass is 19.4. The van der Waals surface area contributed by atoms with Crippen LogP contribution in [0, 0.1) is 0 Å². The van der Waals surface area contributed by atoms with Crippen molar-refractivity contribution in [3.63, 3.8) is 0 Å². The SMILES string of the molecule is CCCCn1c(N)c(N(CC)C(=O)COc2ccc(C(F)(F)F)cc2)c(=O)[nH]c1=O. The first-order valence-corrected chi connectivity index (χ1v) is 9.33. The Labute approximate surface area is 170 Å². The van der Waals surface area contributed by atoms with Gasteiger partial charge in [-0.15, -0.1) is 0 Å². The molecule has 0 radical (unpaired) electrons. The van der Waals surface area contributed by atoms with Gasteiger partial charge in [-0.2, -0.15) is 13.2 Å². The number of alkyl halides is 3. The summed E-state index contributed by atoms with van der Waals surface area (Å²) in [4.78, 5) is 40.2. The third kappa shape index (κ3) is 5.22. The molecule has 0 saturated heterocycles. The largest absolute Gasteiger partial charge is 0.484 e. The second-order valence-electron chi connectivity index (χ2n) is 6.45. The molecular formula is C19H23F3N4O4. The fourth-order valence-electron chi connectivity index (χ4n) is 2.80. The van der Waals surface area contributed by atoms with Crippen LogP contribution in [0.25, 0.3) is 0 Å². The Bertz CT molecular complexity index is 997. The van der Waals surface area contributed by atoms with Crippen LogP contribution in [0.5, 0.6) is 5.75 Å². The maximum atomic E-state index is 12.6. The van der Waals surface area contributed by atoms with E-state index in [0.717, 1.165) is 35.6 Å². The van der Waals surface area contributed by atoms with Crippen molar-refractivity contribution in [1.82, 2.24) is 9.55 Å². The lowest BCUT2D eigenvalue weighted by molar-refractivity contribution is -0.137. The zero-order chi connectivity index (χ0) is 22.5. The lowest BCUT2D eigenvalue weighted by Crippen LogP contribution is -2.42. The van der Waals surface area contributed by atoms with Crippen LogP contribution in [0.2, 0.25) is 0 Å². The van der Waals surface area contributed by atoms with Crippen LogP contribution >= 0.6 is 0 Å². The van der Waals surface area contributed by atoms with Gasteiger partial charge in [0.2, 0.25) is 0 Å². The minimum absolute atomic E-state index is 0.0576. The molecule has 0 spiro atoms. The summed E-state index contributed by atoms with van der Waals surface area (Å²) in [6, 6.07) is 3.87. The molecule has 164 valence electrons. The summed E-state index contributed by atoms with van der Waals surface area (Å²) < 4.78 is 44.3. The van der Waals surface area contributed by atoms with E-state index in [4.69, 9.17) is 10.5 Å². The number of nitrogens with one attached hydrogen (secondary N) is 1. The number of hydrogen-bond acceptors (Lipinski definition) is 5. The molecule has 1 aromatic carbocycles. The summed E-state index contributed by atoms with van der Waals surface area (Å²) in [5.74, 6) is -0.723. The number of aromatic amines is 1. The van der Waals surface area contributed by atoms with Gasteiger partial charge < -0.3 is 15.4 Å². The molecule has 2 rings (SSSR count). The van der Waals surface area contributed by atoms with Gasteiger partial charge in [-0.25, -0.2) is 4.79 Å². The van der Waals surface area contributed by atoms with Gasteiger partial charge in [0.05, 0.1) is 5.56 Å². The van der Waals surface area contributed by atoms with Gasteiger partial charge in [0.1, 0.15) is 11.6 Å². The van der Waals surface area contributed by atoms with Crippen LogP contribution in [0.4, 0.5) is 24.7 Å². The first kappa shape index (κ1) is 23.0. The predicted octanol–water partition coefficient (Wildman–Crippen LogP) is 2.37. The molecule has 3 N–H and O–H groups in total. The highest BCUT2D eigenvalue weighted by Gasteiger charge is 2.30. The average molecular weight is 428 g/mol. The van der Waals surface area contributed by atoms with E-state index in [0.29, 0.717) is 6.42 Å². The number of likely N-dealkylation sites (N-methyl/N-ethyl adjacent to an activating group) is 1. The summed E-state index contributed by atoms with van der Waals surface area (Å²) in [5.41, 5.74) is 3.51. The third-order valence-electron chi connectivity index (χ3n) is 4.38. The van der Waals surface area contributed by atoms with Crippen LogP contribution in [0.3, 0.4) is 0 Å². The number of rotatable bonds is 8. The maximum absolute atomic E-state index is 12.6. The van der Waals surface area contributed by atoms with E-state index in [-0.39, 0.29) is 30.3 Å². The topological polar surface area (TPSA) is 110 Å². The average Bonchev–Trinajstić information content (AvgIpc) is 2.68. The number of H-pyrrole nitrogens is 1. The molecule has 1 aromatic heterocycles. The molecule has 0 saturated carbocycles. The summed E-state index contributed by atoms with van der Waals surface area (Å²) >= 11 is 0. The van der Waals surface area contributed by atoms with Crippen molar-refractivity contribution in [3.05, 3.63) is 50.7 Å². The number of nitrogen functional groups attached to an aromatic ring is 1. The van der Waals surface area contributed by atoms with Crippen molar-refractivity contribution in [2.75, 3.05) is 23.8 Å². The molecule has 0 atom stereocenters. The predicted molar refractivity (Wildman–Crippen MR) is 106 cm³/mol. The maximum Gasteiger partial charge on any atom is 0.416 e. The Kier molecular flexibility index (Phi) is 7.30. The number of carbonyl (C=O) groups is 1. The van der Waals surface area contributed by atoms with Crippen molar-refractivity contribution in [2.24, 2.45) is 0 Å². The summed E-state index contributed by atoms with van der Waals surface area (Å²) in [7, 11) is 0. The van der Waals surface area contributed by atoms with Crippen LogP contribution in [-0.2, 0) is 17.5 Å². The molecule has 8 nitrogen and oxygen atoms in total. The van der Waals surface area contributed by atoms with Crippen LogP contribution in [0.15, 0.2) is 33.9 Å². The van der Waals surface area contributed by atoms with E-state index in [1.807, 2.05) is 6.92 Å². The fraction of sp³-hybridized carbons (Fsp3) is 0.421. The van der Waals surface area contributed by atoms with Crippen LogP contribution in [0.1, 0.15) is 32.3 Å². The van der Waals surface area contributed by atoms with Crippen LogP contribution in [-0.4, -0.2) is 28.6 Å². The van der Waals surface area contributed by atoms with Gasteiger partial charge in [0.15, 0.2) is 12.3 Å². The minimum atomic E-state index is -4.48. The molecule has 1 heterocycles. The Balaban J connectivity index is 2.22. The van der Waals surface area contributed by atoms with E-state index in [1.165, 1.54) is 4.57 Å². The second kappa shape index (κ2) is 9.51. The molecule has 1 amide bonds. The highest BCUT2D eigenvalue weighted by Crippen LogP contribution is 2.30. The number of unbranched alkanes of at least 4 members (excludes halogenated alkanes) is 1. The molecule has 0 unspecified atom stereocenters. The lowest BCUT2D eigenvalue weighted by Gasteiger charge is -2.23. The fourth-order valence-corrected chi connectivity index (χ4v) is 2.80. The van der Waals surface area contributed by atoms with Crippen LogP contribution < -0.4 is 26.6 Å². The Morgan fingerprint density at radius 3 is 2.37 bits per heavy atom. The monoisotopic (exact) mass is 428 g/mol. The first-order valence-electron chi connectivity index (χ1n) is 9.33. The van der Waals surface area contributed by atoms with Gasteiger partial charge in [-0.3, -0.25) is 19.1 Å². The molecule has 0 fully saturated rings. The third-order valence-corrected chi connectivity index (χ3v) is 4.38. The van der Waals surface area contributed by atoms with Crippen molar-refractivity contribution in [2.45, 2.75) is 39.4 Å². The Hall–Kier alpha value is -3.24. The Morgan fingerprint density at radius 1 is 1.20 bits per heavy atom. The first-order chi connectivity index (χ1) is 14.1. The number of nitrogens with two attached hydrogens (primary N) is 1. The van der Waals surface area contributed by atoms with Crippen molar-refractivity contribution in [1.29, 1.82) is 0 Å². The van der Waals surface area contributed by atoms with Crippen molar-refractivity contribution < 1.29 is 22.7 Å². The number of anilines is 2. The number of aromatic nitrogens is 2. The van der Waals surface area contributed by atoms with Crippen molar-refractivity contribution >= 4 is 17.4 Å². The number of amides is 1. The summed E-state index contributed by atoms with van der Waals surface area (Å²) in [6.07, 6.45) is -3.04. The molecule has 2 aromatic rings. The molecular weight excluding hydrogens is 405 g/mol. The van der Waals surface area contributed by atoms with Gasteiger partial charge >= 0.3 is 11.9 Å². The van der Waals surface area contributed by atoms with E-state index < -0.39 is 35.5 Å².